The Morgan fingerprint density at radius 2 is 2.24 bits per heavy atom. The Morgan fingerprint density at radius 1 is 1.48 bits per heavy atom. The zero-order valence-electron chi connectivity index (χ0n) is 11.2. The number of nitrogens with zero attached hydrogens (tertiary/aromatic N) is 2. The predicted octanol–water partition coefficient (Wildman–Crippen LogP) is 2.16. The van der Waals surface area contributed by atoms with Gasteiger partial charge in [0.1, 0.15) is 5.69 Å². The van der Waals surface area contributed by atoms with Gasteiger partial charge in [-0.25, -0.2) is 4.98 Å². The van der Waals surface area contributed by atoms with E-state index in [1.165, 1.54) is 11.3 Å². The Kier molecular flexibility index (Phi) is 3.75. The van der Waals surface area contributed by atoms with E-state index in [4.69, 9.17) is 4.74 Å². The van der Waals surface area contributed by atoms with E-state index in [0.717, 1.165) is 4.70 Å². The highest BCUT2D eigenvalue weighted by Gasteiger charge is 2.30. The van der Waals surface area contributed by atoms with Crippen LogP contribution in [-0.2, 0) is 4.74 Å². The first-order valence-corrected chi connectivity index (χ1v) is 7.52. The van der Waals surface area contributed by atoms with Crippen molar-refractivity contribution in [3.8, 4) is 0 Å². The highest BCUT2D eigenvalue weighted by atomic mass is 32.1. The summed E-state index contributed by atoms with van der Waals surface area (Å²) >= 11 is 1.36. The first-order chi connectivity index (χ1) is 10.1. The van der Waals surface area contributed by atoms with Crippen LogP contribution in [0.5, 0.6) is 0 Å². The molecule has 2 aromatic rings. The number of fused-ring (bicyclic) bond motifs is 1. The van der Waals surface area contributed by atoms with Gasteiger partial charge in [0, 0.05) is 32.6 Å². The molecule has 0 amide bonds. The fraction of sp³-hybridized carbons (Fsp3) is 0.462. The van der Waals surface area contributed by atoms with E-state index < -0.39 is 10.5 Å². The van der Waals surface area contributed by atoms with Crippen LogP contribution in [0.1, 0.15) is 12.8 Å². The van der Waals surface area contributed by atoms with Crippen molar-refractivity contribution in [2.75, 3.05) is 25.1 Å². The Hall–Kier alpha value is -1.77. The van der Waals surface area contributed by atoms with Gasteiger partial charge in [-0.2, -0.15) is 0 Å². The number of hydrogen-bond donors (Lipinski definition) is 2. The summed E-state index contributed by atoms with van der Waals surface area (Å²) in [5.74, 6) is 0. The van der Waals surface area contributed by atoms with Gasteiger partial charge in [0.25, 0.3) is 0 Å². The standard InChI is InChI=1S/C13H15N3O4S/c17-13(3-5-20-6-4-13)7-14-9-1-2-10-11(15-8-21-10)12(9)16(18)19/h1-2,8,14,17H,3-7H2. The molecule has 0 spiro atoms. The summed E-state index contributed by atoms with van der Waals surface area (Å²) in [4.78, 5) is 14.9. The molecule has 112 valence electrons. The van der Waals surface area contributed by atoms with Gasteiger partial charge in [0.2, 0.25) is 0 Å². The van der Waals surface area contributed by atoms with Crippen molar-refractivity contribution >= 4 is 32.9 Å². The molecule has 1 fully saturated rings. The average molecular weight is 309 g/mol. The molecular formula is C13H15N3O4S. The molecule has 1 aromatic carbocycles. The summed E-state index contributed by atoms with van der Waals surface area (Å²) in [6.45, 7) is 1.27. The lowest BCUT2D eigenvalue weighted by Gasteiger charge is -2.32. The van der Waals surface area contributed by atoms with Crippen LogP contribution in [0.25, 0.3) is 10.2 Å². The Morgan fingerprint density at radius 3 is 2.95 bits per heavy atom. The third-order valence-corrected chi connectivity index (χ3v) is 4.48. The minimum atomic E-state index is -0.886. The van der Waals surface area contributed by atoms with Crippen molar-refractivity contribution in [3.05, 3.63) is 27.8 Å². The third kappa shape index (κ3) is 2.82. The predicted molar refractivity (Wildman–Crippen MR) is 79.8 cm³/mol. The van der Waals surface area contributed by atoms with E-state index in [-0.39, 0.29) is 12.2 Å². The average Bonchev–Trinajstić information content (AvgIpc) is 2.93. The van der Waals surface area contributed by atoms with Gasteiger partial charge in [0.05, 0.1) is 20.7 Å². The monoisotopic (exact) mass is 309 g/mol. The topological polar surface area (TPSA) is 97.5 Å². The Balaban J connectivity index is 1.86. The number of nitro benzene ring substituents is 1. The van der Waals surface area contributed by atoms with Crippen LogP contribution in [0.15, 0.2) is 17.6 Å². The second kappa shape index (κ2) is 5.55. The van der Waals surface area contributed by atoms with Crippen LogP contribution in [0.3, 0.4) is 0 Å². The molecule has 0 atom stereocenters. The number of benzene rings is 1. The fourth-order valence-corrected chi connectivity index (χ4v) is 3.11. The maximum absolute atomic E-state index is 11.3. The number of aliphatic hydroxyl groups is 1. The maximum atomic E-state index is 11.3. The number of aromatic nitrogens is 1. The van der Waals surface area contributed by atoms with E-state index in [1.54, 1.807) is 17.6 Å². The van der Waals surface area contributed by atoms with Crippen molar-refractivity contribution in [1.82, 2.24) is 4.98 Å². The SMILES string of the molecule is O=[N+]([O-])c1c(NCC2(O)CCOCC2)ccc2scnc12. The lowest BCUT2D eigenvalue weighted by Crippen LogP contribution is -2.42. The van der Waals surface area contributed by atoms with Crippen LogP contribution in [-0.4, -0.2) is 40.4 Å². The van der Waals surface area contributed by atoms with E-state index in [2.05, 4.69) is 10.3 Å². The Bertz CT molecular complexity index is 666. The van der Waals surface area contributed by atoms with Crippen molar-refractivity contribution in [2.45, 2.75) is 18.4 Å². The normalized spacial score (nSPS) is 17.8. The zero-order chi connectivity index (χ0) is 14.9. The number of nitrogens with one attached hydrogen (secondary N) is 1. The number of hydrogen-bond acceptors (Lipinski definition) is 7. The summed E-state index contributed by atoms with van der Waals surface area (Å²) in [5, 5.41) is 24.7. The summed E-state index contributed by atoms with van der Waals surface area (Å²) in [6, 6.07) is 3.47. The van der Waals surface area contributed by atoms with Crippen molar-refractivity contribution in [2.24, 2.45) is 0 Å². The molecule has 1 saturated heterocycles. The molecule has 2 N–H and O–H groups in total. The molecule has 1 aliphatic rings. The van der Waals surface area contributed by atoms with E-state index in [1.807, 2.05) is 0 Å². The van der Waals surface area contributed by atoms with Crippen LogP contribution in [0.2, 0.25) is 0 Å². The molecule has 21 heavy (non-hydrogen) atoms. The van der Waals surface area contributed by atoms with E-state index in [9.17, 15) is 15.2 Å². The number of thiazole rings is 1. The summed E-state index contributed by atoms with van der Waals surface area (Å²) in [7, 11) is 0. The molecule has 0 bridgehead atoms. The molecule has 7 nitrogen and oxygen atoms in total. The number of rotatable bonds is 4. The van der Waals surface area contributed by atoms with E-state index >= 15 is 0 Å². The molecule has 0 unspecified atom stereocenters. The van der Waals surface area contributed by atoms with Crippen molar-refractivity contribution in [1.29, 1.82) is 0 Å². The van der Waals surface area contributed by atoms with Gasteiger partial charge in [-0.15, -0.1) is 11.3 Å². The number of anilines is 1. The first-order valence-electron chi connectivity index (χ1n) is 6.64. The molecular weight excluding hydrogens is 294 g/mol. The molecule has 8 heteroatoms. The highest BCUT2D eigenvalue weighted by Crippen LogP contribution is 2.35. The second-order valence-corrected chi connectivity index (χ2v) is 5.99. The molecule has 1 aromatic heterocycles. The lowest BCUT2D eigenvalue weighted by atomic mass is 9.94. The first kappa shape index (κ1) is 14.2. The molecule has 2 heterocycles. The third-order valence-electron chi connectivity index (χ3n) is 3.69. The molecule has 3 rings (SSSR count). The smallest absolute Gasteiger partial charge is 0.319 e. The minimum Gasteiger partial charge on any atom is -0.388 e. The van der Waals surface area contributed by atoms with Gasteiger partial charge in [-0.05, 0) is 12.1 Å². The van der Waals surface area contributed by atoms with Crippen LogP contribution in [0.4, 0.5) is 11.4 Å². The van der Waals surface area contributed by atoms with Crippen LogP contribution >= 0.6 is 11.3 Å². The summed E-state index contributed by atoms with van der Waals surface area (Å²) in [5.41, 5.74) is 1.44. The lowest BCUT2D eigenvalue weighted by molar-refractivity contribution is -0.382. The van der Waals surface area contributed by atoms with Crippen molar-refractivity contribution in [3.63, 3.8) is 0 Å². The number of ether oxygens (including phenoxy) is 1. The van der Waals surface area contributed by atoms with Gasteiger partial charge in [-0.3, -0.25) is 10.1 Å². The molecule has 0 saturated carbocycles. The quantitative estimate of drug-likeness (QED) is 0.663. The fourth-order valence-electron chi connectivity index (χ4n) is 2.43. The largest absolute Gasteiger partial charge is 0.388 e. The second-order valence-electron chi connectivity index (χ2n) is 5.11. The molecule has 0 aliphatic carbocycles. The van der Waals surface area contributed by atoms with E-state index in [0.29, 0.717) is 37.3 Å². The Labute approximate surface area is 124 Å². The van der Waals surface area contributed by atoms with Crippen LogP contribution < -0.4 is 5.32 Å². The highest BCUT2D eigenvalue weighted by molar-refractivity contribution is 7.16. The van der Waals surface area contributed by atoms with Crippen molar-refractivity contribution < 1.29 is 14.8 Å². The van der Waals surface area contributed by atoms with Gasteiger partial charge < -0.3 is 15.2 Å². The molecule has 1 aliphatic heterocycles. The molecule has 0 radical (unpaired) electrons. The maximum Gasteiger partial charge on any atom is 0.319 e. The van der Waals surface area contributed by atoms with Gasteiger partial charge >= 0.3 is 5.69 Å². The minimum absolute atomic E-state index is 0.0376. The summed E-state index contributed by atoms with van der Waals surface area (Å²) < 4.78 is 6.00. The number of nitro groups is 1. The van der Waals surface area contributed by atoms with Crippen LogP contribution in [0, 0.1) is 10.1 Å². The summed E-state index contributed by atoms with van der Waals surface area (Å²) in [6.07, 6.45) is 1.04. The zero-order valence-corrected chi connectivity index (χ0v) is 12.1. The van der Waals surface area contributed by atoms with Gasteiger partial charge in [-0.1, -0.05) is 0 Å². The van der Waals surface area contributed by atoms with Gasteiger partial charge in [0.15, 0.2) is 5.52 Å².